The molecule has 2 heterocycles. The zero-order valence-corrected chi connectivity index (χ0v) is 14.0. The summed E-state index contributed by atoms with van der Waals surface area (Å²) in [6.45, 7) is 5.56. The Kier molecular flexibility index (Phi) is 4.44. The van der Waals surface area contributed by atoms with Gasteiger partial charge in [-0.15, -0.1) is 11.3 Å². The molecule has 1 N–H and O–H groups in total. The van der Waals surface area contributed by atoms with Crippen molar-refractivity contribution in [3.8, 4) is 0 Å². The van der Waals surface area contributed by atoms with Crippen molar-refractivity contribution in [2.45, 2.75) is 19.4 Å². The molecule has 0 radical (unpaired) electrons. The van der Waals surface area contributed by atoms with E-state index in [9.17, 15) is 0 Å². The number of hydrogen-bond acceptors (Lipinski definition) is 3. The summed E-state index contributed by atoms with van der Waals surface area (Å²) in [6.07, 6.45) is 1.20. The number of halogens is 1. The molecule has 3 rings (SSSR count). The highest BCUT2D eigenvalue weighted by Gasteiger charge is 2.23. The molecule has 1 atom stereocenters. The third kappa shape index (κ3) is 2.92. The first-order valence-electron chi connectivity index (χ1n) is 7.04. The van der Waals surface area contributed by atoms with Gasteiger partial charge in [0, 0.05) is 40.7 Å². The molecule has 0 amide bonds. The number of hydrogen-bond donors (Lipinski definition) is 1. The molecule has 0 aliphatic carbocycles. The monoisotopic (exact) mass is 350 g/mol. The van der Waals surface area contributed by atoms with Crippen molar-refractivity contribution in [1.82, 2.24) is 4.90 Å². The first-order chi connectivity index (χ1) is 9.75. The van der Waals surface area contributed by atoms with Crippen LogP contribution in [0, 0.1) is 0 Å². The van der Waals surface area contributed by atoms with Crippen molar-refractivity contribution in [1.29, 1.82) is 0 Å². The fraction of sp³-hybridized carbons (Fsp3) is 0.375. The van der Waals surface area contributed by atoms with E-state index in [1.54, 1.807) is 4.88 Å². The highest BCUT2D eigenvalue weighted by atomic mass is 79.9. The Hall–Kier alpha value is -0.840. The summed E-state index contributed by atoms with van der Waals surface area (Å²) in [5.41, 5.74) is 2.70. The number of nitrogens with zero attached hydrogens (tertiary/aromatic N) is 1. The zero-order chi connectivity index (χ0) is 13.9. The van der Waals surface area contributed by atoms with Gasteiger partial charge in [-0.1, -0.05) is 12.1 Å². The van der Waals surface area contributed by atoms with E-state index < -0.39 is 0 Å². The molecule has 20 heavy (non-hydrogen) atoms. The second-order valence-corrected chi connectivity index (χ2v) is 7.02. The van der Waals surface area contributed by atoms with Gasteiger partial charge in [-0.25, -0.2) is 0 Å². The quantitative estimate of drug-likeness (QED) is 0.870. The van der Waals surface area contributed by atoms with Crippen LogP contribution in [-0.4, -0.2) is 24.5 Å². The summed E-state index contributed by atoms with van der Waals surface area (Å²) in [4.78, 5) is 4.14. The molecule has 0 bridgehead atoms. The van der Waals surface area contributed by atoms with Gasteiger partial charge in [0.05, 0.1) is 0 Å². The maximum Gasteiger partial charge on any atom is 0.0485 e. The van der Waals surface area contributed by atoms with Crippen LogP contribution in [0.5, 0.6) is 0 Å². The van der Waals surface area contributed by atoms with E-state index in [0.29, 0.717) is 6.04 Å². The molecule has 4 heteroatoms. The SMILES string of the molecule is CC1c2ccsc2CCN1CCNc1ccccc1Br. The molecule has 0 saturated carbocycles. The number of fused-ring (bicyclic) bond motifs is 1. The number of rotatable bonds is 4. The number of thiophene rings is 1. The third-order valence-corrected chi connectivity index (χ3v) is 5.68. The van der Waals surface area contributed by atoms with E-state index in [2.05, 4.69) is 62.7 Å². The molecule has 1 unspecified atom stereocenters. The Morgan fingerprint density at radius 1 is 1.35 bits per heavy atom. The van der Waals surface area contributed by atoms with E-state index in [-0.39, 0.29) is 0 Å². The van der Waals surface area contributed by atoms with Crippen molar-refractivity contribution >= 4 is 33.0 Å². The van der Waals surface area contributed by atoms with E-state index in [4.69, 9.17) is 0 Å². The highest BCUT2D eigenvalue weighted by Crippen LogP contribution is 2.32. The largest absolute Gasteiger partial charge is 0.383 e. The Morgan fingerprint density at radius 2 is 2.20 bits per heavy atom. The molecule has 0 fully saturated rings. The van der Waals surface area contributed by atoms with Crippen molar-refractivity contribution < 1.29 is 0 Å². The average molecular weight is 351 g/mol. The van der Waals surface area contributed by atoms with Crippen LogP contribution in [0.15, 0.2) is 40.2 Å². The summed E-state index contributed by atoms with van der Waals surface area (Å²) >= 11 is 5.48. The first-order valence-corrected chi connectivity index (χ1v) is 8.71. The topological polar surface area (TPSA) is 15.3 Å². The van der Waals surface area contributed by atoms with Gasteiger partial charge in [-0.2, -0.15) is 0 Å². The van der Waals surface area contributed by atoms with E-state index in [0.717, 1.165) is 17.6 Å². The summed E-state index contributed by atoms with van der Waals surface area (Å²) in [6, 6.07) is 11.1. The van der Waals surface area contributed by atoms with Crippen molar-refractivity contribution in [2.24, 2.45) is 0 Å². The Labute approximate surface area is 132 Å². The van der Waals surface area contributed by atoms with Crippen LogP contribution in [0.1, 0.15) is 23.4 Å². The van der Waals surface area contributed by atoms with Crippen LogP contribution in [0.2, 0.25) is 0 Å². The van der Waals surface area contributed by atoms with Crippen LogP contribution in [-0.2, 0) is 6.42 Å². The standard InChI is InChI=1S/C16H19BrN2S/c1-12-13-7-11-20-16(13)6-9-19(12)10-8-18-15-5-3-2-4-14(15)17/h2-5,7,11-12,18H,6,8-10H2,1H3. The molecule has 0 spiro atoms. The predicted octanol–water partition coefficient (Wildman–Crippen LogP) is 4.54. The molecule has 106 valence electrons. The van der Waals surface area contributed by atoms with E-state index >= 15 is 0 Å². The van der Waals surface area contributed by atoms with E-state index in [1.165, 1.54) is 24.2 Å². The Bertz CT molecular complexity index is 581. The molecule has 1 aromatic carbocycles. The molecular weight excluding hydrogens is 332 g/mol. The number of benzene rings is 1. The molecule has 1 aromatic heterocycles. The smallest absolute Gasteiger partial charge is 0.0485 e. The number of anilines is 1. The lowest BCUT2D eigenvalue weighted by molar-refractivity contribution is 0.208. The fourth-order valence-electron chi connectivity index (χ4n) is 2.81. The van der Waals surface area contributed by atoms with Gasteiger partial charge in [0.2, 0.25) is 0 Å². The minimum Gasteiger partial charge on any atom is -0.383 e. The summed E-state index contributed by atoms with van der Waals surface area (Å²) in [5.74, 6) is 0. The lowest BCUT2D eigenvalue weighted by atomic mass is 10.0. The van der Waals surface area contributed by atoms with Crippen LogP contribution in [0.3, 0.4) is 0 Å². The fourth-order valence-corrected chi connectivity index (χ4v) is 4.19. The molecule has 2 aromatic rings. The average Bonchev–Trinajstić information content (AvgIpc) is 2.93. The summed E-state index contributed by atoms with van der Waals surface area (Å²) in [5, 5.41) is 5.74. The van der Waals surface area contributed by atoms with Gasteiger partial charge in [-0.05, 0) is 58.4 Å². The van der Waals surface area contributed by atoms with Gasteiger partial charge in [0.25, 0.3) is 0 Å². The van der Waals surface area contributed by atoms with Crippen molar-refractivity contribution in [3.63, 3.8) is 0 Å². The number of nitrogens with one attached hydrogen (secondary N) is 1. The molecule has 1 aliphatic heterocycles. The lowest BCUT2D eigenvalue weighted by Crippen LogP contribution is -2.36. The molecular formula is C16H19BrN2S. The molecule has 2 nitrogen and oxygen atoms in total. The zero-order valence-electron chi connectivity index (χ0n) is 11.6. The van der Waals surface area contributed by atoms with Gasteiger partial charge >= 0.3 is 0 Å². The maximum absolute atomic E-state index is 3.58. The normalized spacial score (nSPS) is 18.8. The van der Waals surface area contributed by atoms with Gasteiger partial charge in [0.15, 0.2) is 0 Å². The molecule has 0 saturated heterocycles. The van der Waals surface area contributed by atoms with Gasteiger partial charge in [-0.3, -0.25) is 4.90 Å². The van der Waals surface area contributed by atoms with Crippen molar-refractivity contribution in [2.75, 3.05) is 25.0 Å². The predicted molar refractivity (Wildman–Crippen MR) is 90.6 cm³/mol. The second-order valence-electron chi connectivity index (χ2n) is 5.17. The van der Waals surface area contributed by atoms with Crippen LogP contribution in [0.4, 0.5) is 5.69 Å². The van der Waals surface area contributed by atoms with Crippen LogP contribution >= 0.6 is 27.3 Å². The van der Waals surface area contributed by atoms with Crippen LogP contribution < -0.4 is 5.32 Å². The first kappa shape index (κ1) is 14.1. The van der Waals surface area contributed by atoms with E-state index in [1.807, 2.05) is 17.4 Å². The van der Waals surface area contributed by atoms with Crippen LogP contribution in [0.25, 0.3) is 0 Å². The summed E-state index contributed by atoms with van der Waals surface area (Å²) in [7, 11) is 0. The lowest BCUT2D eigenvalue weighted by Gasteiger charge is -2.33. The van der Waals surface area contributed by atoms with Gasteiger partial charge in [0.1, 0.15) is 0 Å². The summed E-state index contributed by atoms with van der Waals surface area (Å²) < 4.78 is 1.13. The molecule has 1 aliphatic rings. The van der Waals surface area contributed by atoms with Crippen molar-refractivity contribution in [3.05, 3.63) is 50.6 Å². The Balaban J connectivity index is 1.56. The highest BCUT2D eigenvalue weighted by molar-refractivity contribution is 9.10. The minimum atomic E-state index is 0.547. The number of para-hydroxylation sites is 1. The second kappa shape index (κ2) is 6.29. The minimum absolute atomic E-state index is 0.547. The third-order valence-electron chi connectivity index (χ3n) is 3.99. The maximum atomic E-state index is 3.58. The Morgan fingerprint density at radius 3 is 3.05 bits per heavy atom. The van der Waals surface area contributed by atoms with Gasteiger partial charge < -0.3 is 5.32 Å².